The Balaban J connectivity index is 1.62. The Morgan fingerprint density at radius 2 is 1.90 bits per heavy atom. The van der Waals surface area contributed by atoms with Crippen LogP contribution in [-0.4, -0.2) is 39.9 Å². The molecule has 5 nitrogen and oxygen atoms in total. The molecule has 3 rings (SSSR count). The van der Waals surface area contributed by atoms with Crippen LogP contribution < -0.4 is 0 Å². The Morgan fingerprint density at radius 1 is 1.19 bits per heavy atom. The van der Waals surface area contributed by atoms with E-state index in [1.807, 2.05) is 24.3 Å². The summed E-state index contributed by atoms with van der Waals surface area (Å²) in [5.74, 6) is 1.65. The maximum absolute atomic E-state index is 9.15. The molecule has 0 unspecified atom stereocenters. The highest BCUT2D eigenvalue weighted by molar-refractivity contribution is 9.10. The van der Waals surface area contributed by atoms with Crippen molar-refractivity contribution in [2.24, 2.45) is 5.92 Å². The first-order valence-corrected chi connectivity index (χ1v) is 7.95. The highest BCUT2D eigenvalue weighted by Crippen LogP contribution is 2.22. The molecule has 0 atom stereocenters. The number of hydrogen-bond acceptors (Lipinski definition) is 5. The van der Waals surface area contributed by atoms with Crippen LogP contribution in [0.1, 0.15) is 18.7 Å². The van der Waals surface area contributed by atoms with Gasteiger partial charge >= 0.3 is 0 Å². The van der Waals surface area contributed by atoms with Gasteiger partial charge in [0.1, 0.15) is 0 Å². The zero-order chi connectivity index (χ0) is 14.7. The summed E-state index contributed by atoms with van der Waals surface area (Å²) in [5, 5.41) is 17.4. The van der Waals surface area contributed by atoms with E-state index in [0.29, 0.717) is 30.9 Å². The number of aliphatic hydroxyl groups is 1. The fourth-order valence-corrected chi connectivity index (χ4v) is 2.81. The van der Waals surface area contributed by atoms with Crippen molar-refractivity contribution in [2.75, 3.05) is 19.7 Å². The number of likely N-dealkylation sites (tertiary alicyclic amines) is 1. The minimum Gasteiger partial charge on any atom is -0.419 e. The van der Waals surface area contributed by atoms with Gasteiger partial charge < -0.3 is 9.52 Å². The predicted molar refractivity (Wildman–Crippen MR) is 82.5 cm³/mol. The average molecular weight is 352 g/mol. The van der Waals surface area contributed by atoms with Gasteiger partial charge in [-0.1, -0.05) is 15.9 Å². The molecule has 0 saturated carbocycles. The Morgan fingerprint density at radius 3 is 2.57 bits per heavy atom. The Hall–Kier alpha value is -1.24. The number of nitrogens with zero attached hydrogens (tertiary/aromatic N) is 3. The van der Waals surface area contributed by atoms with Gasteiger partial charge in [-0.2, -0.15) is 0 Å². The smallest absolute Gasteiger partial charge is 0.247 e. The lowest BCUT2D eigenvalue weighted by Crippen LogP contribution is -2.34. The summed E-state index contributed by atoms with van der Waals surface area (Å²) in [6.45, 7) is 2.92. The first-order chi connectivity index (χ1) is 10.2. The second-order valence-corrected chi connectivity index (χ2v) is 6.33. The van der Waals surface area contributed by atoms with Gasteiger partial charge in [-0.25, -0.2) is 0 Å². The fourth-order valence-electron chi connectivity index (χ4n) is 2.55. The van der Waals surface area contributed by atoms with Crippen LogP contribution in [0.25, 0.3) is 11.5 Å². The Labute approximate surface area is 132 Å². The van der Waals surface area contributed by atoms with Gasteiger partial charge in [-0.05, 0) is 56.1 Å². The van der Waals surface area contributed by atoms with E-state index in [4.69, 9.17) is 9.52 Å². The van der Waals surface area contributed by atoms with Crippen molar-refractivity contribution in [2.45, 2.75) is 19.4 Å². The number of rotatable bonds is 4. The molecule has 2 aromatic rings. The van der Waals surface area contributed by atoms with Gasteiger partial charge in [0.05, 0.1) is 6.54 Å². The maximum Gasteiger partial charge on any atom is 0.247 e. The molecule has 6 heteroatoms. The first-order valence-electron chi connectivity index (χ1n) is 7.16. The van der Waals surface area contributed by atoms with Crippen LogP contribution in [0, 0.1) is 5.92 Å². The van der Waals surface area contributed by atoms with E-state index in [-0.39, 0.29) is 0 Å². The zero-order valence-electron chi connectivity index (χ0n) is 11.7. The van der Waals surface area contributed by atoms with Crippen molar-refractivity contribution in [3.63, 3.8) is 0 Å². The molecule has 0 spiro atoms. The summed E-state index contributed by atoms with van der Waals surface area (Å²) < 4.78 is 6.76. The largest absolute Gasteiger partial charge is 0.419 e. The Bertz CT molecular complexity index is 577. The van der Waals surface area contributed by atoms with Crippen LogP contribution in [0.4, 0.5) is 0 Å². The number of aromatic nitrogens is 2. The monoisotopic (exact) mass is 351 g/mol. The lowest BCUT2D eigenvalue weighted by Gasteiger charge is -2.29. The van der Waals surface area contributed by atoms with Gasteiger partial charge in [-0.15, -0.1) is 10.2 Å². The number of benzene rings is 1. The van der Waals surface area contributed by atoms with Gasteiger partial charge in [0.25, 0.3) is 0 Å². The van der Waals surface area contributed by atoms with Crippen molar-refractivity contribution in [1.29, 1.82) is 0 Å². The maximum atomic E-state index is 9.15. The average Bonchev–Trinajstić information content (AvgIpc) is 2.97. The number of hydrogen-bond donors (Lipinski definition) is 1. The van der Waals surface area contributed by atoms with Crippen LogP contribution in [0.15, 0.2) is 33.2 Å². The van der Waals surface area contributed by atoms with Crippen LogP contribution in [0.5, 0.6) is 0 Å². The topological polar surface area (TPSA) is 62.4 Å². The van der Waals surface area contributed by atoms with E-state index in [9.17, 15) is 0 Å². The molecule has 1 aromatic carbocycles. The molecule has 1 aliphatic heterocycles. The highest BCUT2D eigenvalue weighted by Gasteiger charge is 2.20. The van der Waals surface area contributed by atoms with E-state index in [1.54, 1.807) is 0 Å². The van der Waals surface area contributed by atoms with E-state index in [0.717, 1.165) is 36.0 Å². The Kier molecular flexibility index (Phi) is 4.67. The summed E-state index contributed by atoms with van der Waals surface area (Å²) in [6.07, 6.45) is 2.06. The summed E-state index contributed by atoms with van der Waals surface area (Å²) >= 11 is 3.41. The van der Waals surface area contributed by atoms with Gasteiger partial charge in [-0.3, -0.25) is 4.90 Å². The van der Waals surface area contributed by atoms with E-state index < -0.39 is 0 Å². The van der Waals surface area contributed by atoms with E-state index in [2.05, 4.69) is 31.0 Å². The SMILES string of the molecule is OCC1CCN(Cc2nnc(-c3ccc(Br)cc3)o2)CC1. The molecule has 1 aliphatic rings. The molecule has 1 fully saturated rings. The summed E-state index contributed by atoms with van der Waals surface area (Å²) in [5.41, 5.74) is 0.927. The van der Waals surface area contributed by atoms with Crippen LogP contribution in [-0.2, 0) is 6.54 Å². The second kappa shape index (κ2) is 6.68. The summed E-state index contributed by atoms with van der Waals surface area (Å²) in [6, 6.07) is 7.82. The molecule has 21 heavy (non-hydrogen) atoms. The molecule has 0 bridgehead atoms. The summed E-state index contributed by atoms with van der Waals surface area (Å²) in [4.78, 5) is 2.30. The van der Waals surface area contributed by atoms with Crippen LogP contribution in [0.2, 0.25) is 0 Å². The minimum atomic E-state index is 0.294. The second-order valence-electron chi connectivity index (χ2n) is 5.41. The van der Waals surface area contributed by atoms with E-state index >= 15 is 0 Å². The fraction of sp³-hybridized carbons (Fsp3) is 0.467. The molecule has 2 heterocycles. The van der Waals surface area contributed by atoms with Crippen molar-refractivity contribution >= 4 is 15.9 Å². The molecule has 1 saturated heterocycles. The highest BCUT2D eigenvalue weighted by atomic mass is 79.9. The van der Waals surface area contributed by atoms with Crippen molar-refractivity contribution in [3.05, 3.63) is 34.6 Å². The molecule has 0 radical (unpaired) electrons. The van der Waals surface area contributed by atoms with Crippen LogP contribution in [0.3, 0.4) is 0 Å². The first kappa shape index (κ1) is 14.7. The van der Waals surface area contributed by atoms with Gasteiger partial charge in [0.2, 0.25) is 11.8 Å². The van der Waals surface area contributed by atoms with Gasteiger partial charge in [0, 0.05) is 16.6 Å². The quantitative estimate of drug-likeness (QED) is 0.917. The van der Waals surface area contributed by atoms with Crippen LogP contribution >= 0.6 is 15.9 Å². The summed E-state index contributed by atoms with van der Waals surface area (Å²) in [7, 11) is 0. The van der Waals surface area contributed by atoms with Gasteiger partial charge in [0.15, 0.2) is 0 Å². The lowest BCUT2D eigenvalue weighted by atomic mass is 9.98. The van der Waals surface area contributed by atoms with Crippen molar-refractivity contribution in [3.8, 4) is 11.5 Å². The number of halogens is 1. The number of piperidine rings is 1. The zero-order valence-corrected chi connectivity index (χ0v) is 13.3. The van der Waals surface area contributed by atoms with Crippen molar-refractivity contribution in [1.82, 2.24) is 15.1 Å². The molecule has 0 amide bonds. The lowest BCUT2D eigenvalue weighted by molar-refractivity contribution is 0.121. The third-order valence-corrected chi connectivity index (χ3v) is 4.41. The molecular formula is C15H18BrN3O2. The molecular weight excluding hydrogens is 334 g/mol. The number of aliphatic hydroxyl groups excluding tert-OH is 1. The molecule has 0 aliphatic carbocycles. The predicted octanol–water partition coefficient (Wildman–Crippen LogP) is 2.70. The van der Waals surface area contributed by atoms with Crippen molar-refractivity contribution < 1.29 is 9.52 Å². The standard InChI is InChI=1S/C15H18BrN3O2/c16-13-3-1-12(2-4-13)15-18-17-14(21-15)9-19-7-5-11(10-20)6-8-19/h1-4,11,20H,5-10H2. The normalized spacial score (nSPS) is 17.2. The molecule has 1 aromatic heterocycles. The van der Waals surface area contributed by atoms with E-state index in [1.165, 1.54) is 0 Å². The third-order valence-electron chi connectivity index (χ3n) is 3.88. The minimum absolute atomic E-state index is 0.294. The molecule has 112 valence electrons. The molecule has 1 N–H and O–H groups in total. The third kappa shape index (κ3) is 3.70.